The van der Waals surface area contributed by atoms with E-state index in [9.17, 15) is 15.0 Å². The molecule has 4 heteroatoms. The van der Waals surface area contributed by atoms with Gasteiger partial charge in [0.1, 0.15) is 0 Å². The summed E-state index contributed by atoms with van der Waals surface area (Å²) in [5, 5.41) is 23.1. The largest absolute Gasteiger partial charge is 0.394 e. The van der Waals surface area contributed by atoms with Gasteiger partial charge in [-0.15, -0.1) is 0 Å². The van der Waals surface area contributed by atoms with Crippen molar-refractivity contribution in [2.24, 2.45) is 0 Å². The van der Waals surface area contributed by atoms with Gasteiger partial charge in [0.2, 0.25) is 5.91 Å². The predicted molar refractivity (Wildman–Crippen MR) is 225 cm³/mol. The van der Waals surface area contributed by atoms with E-state index in [0.717, 1.165) is 83.5 Å². The van der Waals surface area contributed by atoms with Gasteiger partial charge in [0.15, 0.2) is 0 Å². The van der Waals surface area contributed by atoms with Crippen LogP contribution in [0.25, 0.3) is 0 Å². The molecule has 2 unspecified atom stereocenters. The van der Waals surface area contributed by atoms with Gasteiger partial charge >= 0.3 is 0 Å². The van der Waals surface area contributed by atoms with E-state index in [-0.39, 0.29) is 12.5 Å². The van der Waals surface area contributed by atoms with Crippen molar-refractivity contribution in [1.82, 2.24) is 5.32 Å². The van der Waals surface area contributed by atoms with Crippen LogP contribution in [-0.2, 0) is 4.79 Å². The van der Waals surface area contributed by atoms with Crippen molar-refractivity contribution in [3.63, 3.8) is 0 Å². The summed E-state index contributed by atoms with van der Waals surface area (Å²) in [5.74, 6) is -0.0583. The van der Waals surface area contributed by atoms with Crippen LogP contribution in [0.2, 0.25) is 0 Å². The van der Waals surface area contributed by atoms with Crippen molar-refractivity contribution >= 4 is 5.91 Å². The summed E-state index contributed by atoms with van der Waals surface area (Å²) < 4.78 is 0. The molecule has 294 valence electrons. The van der Waals surface area contributed by atoms with Crippen molar-refractivity contribution in [2.75, 3.05) is 6.61 Å². The van der Waals surface area contributed by atoms with Gasteiger partial charge in [0, 0.05) is 6.42 Å². The number of aliphatic hydroxyl groups excluding tert-OH is 2. The van der Waals surface area contributed by atoms with Crippen molar-refractivity contribution in [1.29, 1.82) is 0 Å². The lowest BCUT2D eigenvalue weighted by molar-refractivity contribution is -0.123. The van der Waals surface area contributed by atoms with Crippen LogP contribution in [-0.4, -0.2) is 34.9 Å². The third-order valence-electron chi connectivity index (χ3n) is 9.48. The fraction of sp³-hybridized carbons (Fsp3) is 0.723. The lowest BCUT2D eigenvalue weighted by atomic mass is 10.0. The summed E-state index contributed by atoms with van der Waals surface area (Å²) in [5.41, 5.74) is 0. The molecule has 0 spiro atoms. The number of hydrogen-bond acceptors (Lipinski definition) is 3. The second kappa shape index (κ2) is 42.2. The third-order valence-corrected chi connectivity index (χ3v) is 9.48. The smallest absolute Gasteiger partial charge is 0.220 e. The summed E-state index contributed by atoms with van der Waals surface area (Å²) in [6.45, 7) is 4.23. The van der Waals surface area contributed by atoms with Gasteiger partial charge in [-0.1, -0.05) is 202 Å². The topological polar surface area (TPSA) is 69.6 Å². The Labute approximate surface area is 317 Å². The van der Waals surface area contributed by atoms with Gasteiger partial charge in [-0.05, 0) is 64.2 Å². The second-order valence-corrected chi connectivity index (χ2v) is 14.4. The minimum Gasteiger partial charge on any atom is -0.394 e. The molecule has 0 fully saturated rings. The van der Waals surface area contributed by atoms with Gasteiger partial charge in [0.25, 0.3) is 0 Å². The van der Waals surface area contributed by atoms with Crippen LogP contribution in [0.4, 0.5) is 0 Å². The van der Waals surface area contributed by atoms with Crippen molar-refractivity contribution in [2.45, 2.75) is 212 Å². The quantitative estimate of drug-likeness (QED) is 0.0441. The lowest BCUT2D eigenvalue weighted by Crippen LogP contribution is -2.45. The Hall–Kier alpha value is -2.17. The van der Waals surface area contributed by atoms with E-state index in [4.69, 9.17) is 0 Å². The predicted octanol–water partition coefficient (Wildman–Crippen LogP) is 13.5. The summed E-state index contributed by atoms with van der Waals surface area (Å²) >= 11 is 0. The molecule has 2 atom stereocenters. The number of allylic oxidation sites excluding steroid dienone is 12. The number of carbonyl (C=O) groups is 1. The molecule has 0 aromatic heterocycles. The molecule has 0 rings (SSSR count). The molecule has 3 N–H and O–H groups in total. The minimum absolute atomic E-state index is 0.0583. The van der Waals surface area contributed by atoms with E-state index in [1.165, 1.54) is 89.9 Å². The van der Waals surface area contributed by atoms with Gasteiger partial charge in [-0.3, -0.25) is 4.79 Å². The Morgan fingerprint density at radius 3 is 1.29 bits per heavy atom. The molecular weight excluding hydrogens is 627 g/mol. The van der Waals surface area contributed by atoms with E-state index in [1.54, 1.807) is 0 Å². The average Bonchev–Trinajstić information content (AvgIpc) is 3.13. The van der Waals surface area contributed by atoms with Crippen LogP contribution in [0.5, 0.6) is 0 Å². The highest BCUT2D eigenvalue weighted by atomic mass is 16.3. The van der Waals surface area contributed by atoms with E-state index >= 15 is 0 Å². The number of unbranched alkanes of at least 4 members (excludes halogenated alkanes) is 19. The molecule has 0 aliphatic heterocycles. The van der Waals surface area contributed by atoms with E-state index in [0.29, 0.717) is 12.8 Å². The van der Waals surface area contributed by atoms with Gasteiger partial charge in [0.05, 0.1) is 18.8 Å². The highest BCUT2D eigenvalue weighted by molar-refractivity contribution is 5.76. The molecule has 0 saturated carbocycles. The molecule has 0 bridgehead atoms. The van der Waals surface area contributed by atoms with Crippen LogP contribution >= 0.6 is 0 Å². The second-order valence-electron chi connectivity index (χ2n) is 14.4. The molecule has 1 amide bonds. The van der Waals surface area contributed by atoms with E-state index in [1.807, 2.05) is 0 Å². The molecule has 0 aromatic rings. The zero-order valence-electron chi connectivity index (χ0n) is 33.6. The van der Waals surface area contributed by atoms with Crippen LogP contribution in [0.3, 0.4) is 0 Å². The number of carbonyl (C=O) groups excluding carboxylic acids is 1. The summed E-state index contributed by atoms with van der Waals surface area (Å²) in [4.78, 5) is 12.4. The molecule has 0 radical (unpaired) electrons. The maximum absolute atomic E-state index is 12.4. The van der Waals surface area contributed by atoms with E-state index < -0.39 is 12.1 Å². The zero-order valence-corrected chi connectivity index (χ0v) is 33.6. The Kier molecular flexibility index (Phi) is 40.4. The maximum atomic E-state index is 12.4. The van der Waals surface area contributed by atoms with Crippen LogP contribution in [0.1, 0.15) is 200 Å². The maximum Gasteiger partial charge on any atom is 0.220 e. The number of rotatable bonds is 38. The fourth-order valence-corrected chi connectivity index (χ4v) is 6.19. The minimum atomic E-state index is -0.674. The van der Waals surface area contributed by atoms with Gasteiger partial charge < -0.3 is 15.5 Å². The molecule has 4 nitrogen and oxygen atoms in total. The van der Waals surface area contributed by atoms with E-state index in [2.05, 4.69) is 92.1 Å². The van der Waals surface area contributed by atoms with Gasteiger partial charge in [-0.25, -0.2) is 0 Å². The zero-order chi connectivity index (χ0) is 37.1. The molecule has 0 saturated heterocycles. The first-order chi connectivity index (χ1) is 25.2. The van der Waals surface area contributed by atoms with Crippen molar-refractivity contribution < 1.29 is 15.0 Å². The highest BCUT2D eigenvalue weighted by Crippen LogP contribution is 2.15. The molecule has 0 aromatic carbocycles. The first kappa shape index (κ1) is 48.8. The number of hydrogen-bond donors (Lipinski definition) is 3. The monoisotopic (exact) mass is 710 g/mol. The Morgan fingerprint density at radius 2 is 0.863 bits per heavy atom. The number of aliphatic hydroxyl groups is 2. The van der Waals surface area contributed by atoms with Crippen molar-refractivity contribution in [3.8, 4) is 0 Å². The van der Waals surface area contributed by atoms with Gasteiger partial charge in [-0.2, -0.15) is 0 Å². The van der Waals surface area contributed by atoms with Crippen LogP contribution < -0.4 is 5.32 Å². The highest BCUT2D eigenvalue weighted by Gasteiger charge is 2.19. The third kappa shape index (κ3) is 38.9. The summed E-state index contributed by atoms with van der Waals surface area (Å²) in [7, 11) is 0. The molecular formula is C47H83NO3. The van der Waals surface area contributed by atoms with Crippen LogP contribution in [0, 0.1) is 0 Å². The fourth-order valence-electron chi connectivity index (χ4n) is 6.19. The first-order valence-electron chi connectivity index (χ1n) is 21.6. The lowest BCUT2D eigenvalue weighted by Gasteiger charge is -2.22. The normalized spacial score (nSPS) is 13.7. The Balaban J connectivity index is 3.64. The molecule has 51 heavy (non-hydrogen) atoms. The molecule has 0 aliphatic rings. The first-order valence-corrected chi connectivity index (χ1v) is 21.6. The SMILES string of the molecule is CC/C=C\C/C=C\C/C=C\C/C=C\C/C=C\C/C=C\CCCCCCC(=O)NC(CO)C(O)CCCCCCCCCCCCCCCCCC. The van der Waals surface area contributed by atoms with Crippen molar-refractivity contribution in [3.05, 3.63) is 72.9 Å². The Morgan fingerprint density at radius 1 is 0.490 bits per heavy atom. The number of nitrogens with one attached hydrogen (secondary N) is 1. The summed E-state index contributed by atoms with van der Waals surface area (Å²) in [6.07, 6.45) is 59.7. The Bertz CT molecular complexity index is 899. The number of amides is 1. The molecule has 0 heterocycles. The summed E-state index contributed by atoms with van der Waals surface area (Å²) in [6, 6.07) is -0.554. The molecule has 0 aliphatic carbocycles. The average molecular weight is 710 g/mol. The van der Waals surface area contributed by atoms with Crippen LogP contribution in [0.15, 0.2) is 72.9 Å². The standard InChI is InChI=1S/C47H83NO3/c1-3-5-7-9-11-13-15-17-19-21-22-23-24-25-26-27-29-31-33-35-37-39-41-43-47(51)48-45(44-49)46(50)42-40-38-36-34-32-30-28-20-18-16-14-12-10-8-6-4-2/h5,7,11,13,17,19,22-23,25-26,29,31,45-46,49-50H,3-4,6,8-10,12,14-16,18,20-21,24,27-28,30,32-44H2,1-2H3,(H,48,51)/b7-5-,13-11-,19-17-,23-22-,26-25-,31-29-.